The maximum atomic E-state index is 4.33. The van der Waals surface area contributed by atoms with Crippen molar-refractivity contribution < 1.29 is 0 Å². The van der Waals surface area contributed by atoms with E-state index in [1.165, 1.54) is 5.71 Å². The minimum absolute atomic E-state index is 0.310. The fourth-order valence-electron chi connectivity index (χ4n) is 5.38. The highest BCUT2D eigenvalue weighted by Crippen LogP contribution is 2.10. The van der Waals surface area contributed by atoms with Crippen molar-refractivity contribution in [1.29, 1.82) is 0 Å². The number of hydrogen-bond acceptors (Lipinski definition) is 19. The van der Waals surface area contributed by atoms with Crippen LogP contribution in [0.15, 0.2) is 225 Å². The molecule has 0 amide bonds. The van der Waals surface area contributed by atoms with Crippen LogP contribution in [-0.4, -0.2) is 55.2 Å². The van der Waals surface area contributed by atoms with Gasteiger partial charge in [-0.05, 0) is 48.1 Å². The third-order valence-electron chi connectivity index (χ3n) is 9.51. The van der Waals surface area contributed by atoms with Crippen molar-refractivity contribution in [2.24, 2.45) is 87.6 Å². The van der Waals surface area contributed by atoms with Crippen LogP contribution in [0.1, 0.15) is 144 Å². The highest BCUT2D eigenvalue weighted by molar-refractivity contribution is 5.89. The average Bonchev–Trinajstić information content (AvgIpc) is 4.12. The number of nitrogens with one attached hydrogen (secondary N) is 11. The molecule has 0 radical (unpaired) electrons. The number of allylic oxidation sites excluding steroid dienone is 6. The predicted octanol–water partition coefficient (Wildman–Crippen LogP) is 14.5. The minimum atomic E-state index is 0.310. The van der Waals surface area contributed by atoms with Crippen LogP contribution in [-0.2, 0) is 0 Å². The van der Waals surface area contributed by atoms with Crippen LogP contribution >= 0.6 is 0 Å². The number of amidine groups is 4. The highest BCUT2D eigenvalue weighted by atomic mass is 15.4. The molecule has 0 aromatic carbocycles. The van der Waals surface area contributed by atoms with Gasteiger partial charge in [-0.2, -0.15) is 5.10 Å². The zero-order valence-electron chi connectivity index (χ0n) is 57.1. The van der Waals surface area contributed by atoms with Crippen LogP contribution in [0.5, 0.6) is 0 Å². The monoisotopic (exact) mass is 1200 g/mol. The largest absolute Gasteiger partial charge is 0.374 e. The lowest BCUT2D eigenvalue weighted by Gasteiger charge is -2.20. The molecule has 0 unspecified atom stereocenters. The Morgan fingerprint density at radius 1 is 0.448 bits per heavy atom. The number of hydrogen-bond donors (Lipinski definition) is 11. The van der Waals surface area contributed by atoms with Crippen molar-refractivity contribution in [1.82, 2.24) is 58.6 Å². The first-order valence-corrected chi connectivity index (χ1v) is 30.0. The smallest absolute Gasteiger partial charge is 0.173 e. The van der Waals surface area contributed by atoms with Crippen LogP contribution in [0.3, 0.4) is 0 Å². The van der Waals surface area contributed by atoms with Gasteiger partial charge in [0.15, 0.2) is 11.7 Å². The Bertz CT molecular complexity index is 2470. The second kappa shape index (κ2) is 50.8. The van der Waals surface area contributed by atoms with Gasteiger partial charge in [0.2, 0.25) is 0 Å². The number of hydrazone groups is 1. The average molecular weight is 1200 g/mol. The molecule has 8 aliphatic rings. The molecular formula is C68H117N19. The van der Waals surface area contributed by atoms with E-state index in [0.717, 1.165) is 107 Å². The van der Waals surface area contributed by atoms with Crippen molar-refractivity contribution in [3.63, 3.8) is 0 Å². The van der Waals surface area contributed by atoms with Crippen LogP contribution in [0.25, 0.3) is 0 Å². The van der Waals surface area contributed by atoms with E-state index >= 15 is 0 Å². The third kappa shape index (κ3) is 54.0. The molecular weight excluding hydrogens is 1080 g/mol. The summed E-state index contributed by atoms with van der Waals surface area (Å²) in [5.41, 5.74) is 9.48. The zero-order valence-corrected chi connectivity index (χ0v) is 57.1. The quantitative estimate of drug-likeness (QED) is 0.124. The van der Waals surface area contributed by atoms with Crippen molar-refractivity contribution in [2.45, 2.75) is 144 Å². The van der Waals surface area contributed by atoms with Crippen LogP contribution < -0.4 is 58.6 Å². The highest BCUT2D eigenvalue weighted by Gasteiger charge is 2.11. The van der Waals surface area contributed by atoms with Gasteiger partial charge in [0, 0.05) is 120 Å². The topological polar surface area (TPSA) is 231 Å². The first kappa shape index (κ1) is 82.7. The van der Waals surface area contributed by atoms with Crippen LogP contribution in [0.2, 0.25) is 0 Å². The van der Waals surface area contributed by atoms with E-state index < -0.39 is 0 Å². The van der Waals surface area contributed by atoms with Gasteiger partial charge in [-0.15, -0.1) is 10.2 Å². The van der Waals surface area contributed by atoms with Crippen molar-refractivity contribution in [3.05, 3.63) is 185 Å². The van der Waals surface area contributed by atoms with Gasteiger partial charge in [0.1, 0.15) is 24.2 Å². The molecule has 8 rings (SSSR count). The first-order chi connectivity index (χ1) is 40.8. The number of aliphatic imine (C=N–C) groups is 5. The summed E-state index contributed by atoms with van der Waals surface area (Å²) in [5, 5.41) is 41.4. The maximum Gasteiger partial charge on any atom is 0.173 e. The molecule has 8 heterocycles. The molecule has 484 valence electrons. The molecule has 0 fully saturated rings. The lowest BCUT2D eigenvalue weighted by molar-refractivity contribution is 0.702. The zero-order chi connectivity index (χ0) is 66.9. The molecule has 0 atom stereocenters. The summed E-state index contributed by atoms with van der Waals surface area (Å²) in [6, 6.07) is 0. The van der Waals surface area contributed by atoms with Gasteiger partial charge in [-0.1, -0.05) is 203 Å². The fraction of sp³-hybridized carbons (Fsp3) is 0.471. The standard InChI is InChI=1S/3C9H14N2.C7H13N3.C6H10N4.C6H8N2.C5H6N2.C5H8N2.3C4H10/c1-7(2)9-6-8(3)10-4-5-11-9;2*1-7(2)9-10-6-4-5-8(3)11-9;1-5(2)7-9-4-8-6(3)10-7;1-4(2)6-9-7-5(3)8-10-6;1-5-3-4-7-6(2)8-5;1-5-4-6-2-3-7-5;1-5-2-3-6-4-7-5;3*1-4(2)3/h4-5,7,10H,3,6H2,1-2H3;4,6-7H,3,5H2,1-2H3,(H,10,11);4-5,7H,3,6H2,1-2H3,(H,10,11);5,8H,3-4H2,1-2H3,(H,9,10);4,7H,3H2,1-2H3;3-4,7-8H,1-2H2;2-4,7H,1H2;2-3,6-7H,1,4H2;3*4H,1-3H3. The lowest BCUT2D eigenvalue weighted by atomic mass is 10.0. The second-order valence-electron chi connectivity index (χ2n) is 23.4. The van der Waals surface area contributed by atoms with Gasteiger partial charge in [-0.3, -0.25) is 25.4 Å². The van der Waals surface area contributed by atoms with E-state index in [4.69, 9.17) is 0 Å². The Morgan fingerprint density at radius 3 is 1.44 bits per heavy atom. The first-order valence-electron chi connectivity index (χ1n) is 30.0. The van der Waals surface area contributed by atoms with Crippen molar-refractivity contribution >= 4 is 35.3 Å². The molecule has 0 bridgehead atoms. The van der Waals surface area contributed by atoms with E-state index in [1.807, 2.05) is 62.8 Å². The summed E-state index contributed by atoms with van der Waals surface area (Å²) in [7, 11) is 0. The fourth-order valence-corrected chi connectivity index (χ4v) is 5.38. The second-order valence-corrected chi connectivity index (χ2v) is 23.4. The van der Waals surface area contributed by atoms with E-state index in [9.17, 15) is 0 Å². The number of rotatable bonds is 5. The van der Waals surface area contributed by atoms with E-state index in [2.05, 4.69) is 276 Å². The molecule has 0 saturated heterocycles. The molecule has 8 aliphatic heterocycles. The van der Waals surface area contributed by atoms with E-state index in [0.29, 0.717) is 47.9 Å². The lowest BCUT2D eigenvalue weighted by Crippen LogP contribution is -2.39. The Morgan fingerprint density at radius 2 is 1.02 bits per heavy atom. The third-order valence-corrected chi connectivity index (χ3v) is 9.51. The molecule has 19 heteroatoms. The van der Waals surface area contributed by atoms with E-state index in [1.54, 1.807) is 31.0 Å². The predicted molar refractivity (Wildman–Crippen MR) is 382 cm³/mol. The van der Waals surface area contributed by atoms with Crippen LogP contribution in [0, 0.1) is 47.3 Å². The molecule has 87 heavy (non-hydrogen) atoms. The maximum absolute atomic E-state index is 4.33. The van der Waals surface area contributed by atoms with Crippen LogP contribution in [0.4, 0.5) is 0 Å². The molecule has 0 saturated carbocycles. The Balaban J connectivity index is -0.000000906. The minimum Gasteiger partial charge on any atom is -0.374 e. The van der Waals surface area contributed by atoms with Gasteiger partial charge >= 0.3 is 0 Å². The summed E-state index contributed by atoms with van der Waals surface area (Å²) in [4.78, 5) is 20.9. The van der Waals surface area contributed by atoms with Gasteiger partial charge in [-0.25, -0.2) is 4.99 Å². The summed E-state index contributed by atoms with van der Waals surface area (Å²) >= 11 is 0. The Kier molecular flexibility index (Phi) is 48.3. The number of nitrogens with zero attached hydrogens (tertiary/aromatic N) is 8. The number of azo groups is 1. The molecule has 0 spiro atoms. The summed E-state index contributed by atoms with van der Waals surface area (Å²) in [6.45, 7) is 76.1. The van der Waals surface area contributed by atoms with Gasteiger partial charge < -0.3 is 53.2 Å². The Labute approximate surface area is 528 Å². The molecule has 0 aromatic rings. The molecule has 11 N–H and O–H groups in total. The summed E-state index contributed by atoms with van der Waals surface area (Å²) < 4.78 is 0. The Hall–Kier alpha value is -8.48. The molecule has 19 nitrogen and oxygen atoms in total. The van der Waals surface area contributed by atoms with Crippen molar-refractivity contribution in [3.8, 4) is 0 Å². The summed E-state index contributed by atoms with van der Waals surface area (Å²) in [6.07, 6.45) is 25.6. The molecule has 0 aliphatic carbocycles. The van der Waals surface area contributed by atoms with Gasteiger partial charge in [0.05, 0.1) is 24.9 Å². The van der Waals surface area contributed by atoms with Crippen molar-refractivity contribution in [2.75, 3.05) is 19.9 Å². The SMILES string of the molecule is C=C1C=CCN=C(C(C)C)N1.C=C1C=CNC(=C)N1.C=C1C=CNCN1.C=C1C=NC=CN1.C=C1CC(C(C)C)=NC=CN1.C=C1CC=CN=C(C(C)C)N1.C=C1N=NC(C(C)C)=NN1.C=C1NCN=C(C(C)C)N1.CC(C)C.CC(C)C.CC(C)C. The normalized spacial score (nSPS) is 16.4. The molecule has 0 aromatic heterocycles. The van der Waals surface area contributed by atoms with Gasteiger partial charge in [0.25, 0.3) is 0 Å². The summed E-state index contributed by atoms with van der Waals surface area (Å²) in [5.74, 6) is 10.5. The van der Waals surface area contributed by atoms with E-state index in [-0.39, 0.29) is 0 Å².